The van der Waals surface area contributed by atoms with Crippen molar-refractivity contribution in [2.45, 2.75) is 19.9 Å². The highest BCUT2D eigenvalue weighted by Crippen LogP contribution is 2.13. The van der Waals surface area contributed by atoms with E-state index in [2.05, 4.69) is 15.6 Å². The number of hydrogen-bond acceptors (Lipinski definition) is 4. The predicted molar refractivity (Wildman–Crippen MR) is 83.2 cm³/mol. The Morgan fingerprint density at radius 1 is 1.23 bits per heavy atom. The Morgan fingerprint density at radius 3 is 2.45 bits per heavy atom. The monoisotopic (exact) mass is 321 g/mol. The summed E-state index contributed by atoms with van der Waals surface area (Å²) in [5, 5.41) is 7.56. The van der Waals surface area contributed by atoms with Gasteiger partial charge in [-0.2, -0.15) is 0 Å². The average molecular weight is 321 g/mol. The van der Waals surface area contributed by atoms with Crippen LogP contribution in [0, 0.1) is 11.7 Å². The zero-order valence-corrected chi connectivity index (χ0v) is 13.0. The van der Waals surface area contributed by atoms with Crippen LogP contribution in [0.15, 0.2) is 35.8 Å². The third-order valence-electron chi connectivity index (χ3n) is 3.00. The lowest BCUT2D eigenvalue weighted by molar-refractivity contribution is -0.118. The number of nitrogens with zero attached hydrogens (tertiary/aromatic N) is 1. The van der Waals surface area contributed by atoms with Crippen molar-refractivity contribution in [3.63, 3.8) is 0 Å². The Kier molecular flexibility index (Phi) is 5.21. The molecule has 0 saturated carbocycles. The summed E-state index contributed by atoms with van der Waals surface area (Å²) in [7, 11) is 0. The van der Waals surface area contributed by atoms with E-state index in [9.17, 15) is 14.0 Å². The fraction of sp³-hybridized carbons (Fsp3) is 0.267. The Labute approximate surface area is 131 Å². The van der Waals surface area contributed by atoms with E-state index < -0.39 is 17.8 Å². The maximum Gasteiger partial charge on any atom is 0.251 e. The number of carbonyl (C=O) groups excluding carboxylic acids is 2. The van der Waals surface area contributed by atoms with Gasteiger partial charge in [0, 0.05) is 17.1 Å². The van der Waals surface area contributed by atoms with Gasteiger partial charge in [0.15, 0.2) is 5.13 Å². The van der Waals surface area contributed by atoms with E-state index in [-0.39, 0.29) is 11.8 Å². The summed E-state index contributed by atoms with van der Waals surface area (Å²) in [5.41, 5.74) is 0.300. The lowest BCUT2D eigenvalue weighted by Gasteiger charge is -2.21. The number of nitrogens with one attached hydrogen (secondary N) is 2. The van der Waals surface area contributed by atoms with Gasteiger partial charge in [-0.3, -0.25) is 9.59 Å². The van der Waals surface area contributed by atoms with Gasteiger partial charge in [0.05, 0.1) is 0 Å². The molecule has 2 rings (SSSR count). The Morgan fingerprint density at radius 2 is 1.91 bits per heavy atom. The summed E-state index contributed by atoms with van der Waals surface area (Å²) in [6, 6.07) is 4.45. The highest BCUT2D eigenvalue weighted by molar-refractivity contribution is 7.13. The van der Waals surface area contributed by atoms with Crippen LogP contribution in [-0.2, 0) is 4.79 Å². The van der Waals surface area contributed by atoms with Crippen molar-refractivity contribution >= 4 is 28.3 Å². The number of rotatable bonds is 5. The molecule has 1 aromatic heterocycles. The van der Waals surface area contributed by atoms with E-state index in [0.29, 0.717) is 10.7 Å². The number of carbonyl (C=O) groups is 2. The number of anilines is 1. The fourth-order valence-electron chi connectivity index (χ4n) is 1.83. The molecular formula is C15H16FN3O2S. The summed E-state index contributed by atoms with van der Waals surface area (Å²) >= 11 is 1.30. The van der Waals surface area contributed by atoms with Crippen LogP contribution in [0.1, 0.15) is 24.2 Å². The molecule has 5 nitrogen and oxygen atoms in total. The zero-order valence-electron chi connectivity index (χ0n) is 12.2. The van der Waals surface area contributed by atoms with Crippen molar-refractivity contribution in [3.05, 3.63) is 47.2 Å². The van der Waals surface area contributed by atoms with Crippen LogP contribution in [0.2, 0.25) is 0 Å². The molecule has 1 heterocycles. The second-order valence-corrected chi connectivity index (χ2v) is 5.92. The number of thiazole rings is 1. The van der Waals surface area contributed by atoms with Crippen molar-refractivity contribution in [1.82, 2.24) is 10.3 Å². The van der Waals surface area contributed by atoms with E-state index in [4.69, 9.17) is 0 Å². The van der Waals surface area contributed by atoms with Crippen LogP contribution < -0.4 is 10.6 Å². The van der Waals surface area contributed by atoms with Crippen LogP contribution in [0.3, 0.4) is 0 Å². The molecule has 0 unspecified atom stereocenters. The lowest BCUT2D eigenvalue weighted by atomic mass is 10.0. The summed E-state index contributed by atoms with van der Waals surface area (Å²) in [6.07, 6.45) is 1.59. The third-order valence-corrected chi connectivity index (χ3v) is 3.69. The van der Waals surface area contributed by atoms with Crippen molar-refractivity contribution < 1.29 is 14.0 Å². The molecule has 2 N–H and O–H groups in total. The van der Waals surface area contributed by atoms with Gasteiger partial charge in [0.2, 0.25) is 5.91 Å². The molecular weight excluding hydrogens is 305 g/mol. The third kappa shape index (κ3) is 4.11. The highest BCUT2D eigenvalue weighted by Gasteiger charge is 2.25. The van der Waals surface area contributed by atoms with E-state index in [0.717, 1.165) is 0 Å². The molecule has 7 heteroatoms. The van der Waals surface area contributed by atoms with Crippen LogP contribution in [0.5, 0.6) is 0 Å². The molecule has 2 amide bonds. The number of benzene rings is 1. The summed E-state index contributed by atoms with van der Waals surface area (Å²) in [4.78, 5) is 28.4. The molecule has 22 heavy (non-hydrogen) atoms. The van der Waals surface area contributed by atoms with E-state index >= 15 is 0 Å². The zero-order chi connectivity index (χ0) is 16.1. The first-order valence-electron chi connectivity index (χ1n) is 6.74. The van der Waals surface area contributed by atoms with Crippen molar-refractivity contribution in [2.75, 3.05) is 5.32 Å². The maximum absolute atomic E-state index is 12.9. The van der Waals surface area contributed by atoms with Gasteiger partial charge in [0.25, 0.3) is 5.91 Å². The Balaban J connectivity index is 2.06. The van der Waals surface area contributed by atoms with Gasteiger partial charge in [-0.05, 0) is 30.2 Å². The standard InChI is InChI=1S/C15H16FN3O2S/c1-9(2)12(14(21)19-15-17-7-8-22-15)18-13(20)10-3-5-11(16)6-4-10/h3-9,12H,1-2H3,(H,18,20)(H,17,19,21)/t12-/m0/s1. The van der Waals surface area contributed by atoms with E-state index in [1.807, 2.05) is 13.8 Å². The molecule has 0 radical (unpaired) electrons. The Bertz CT molecular complexity index is 641. The van der Waals surface area contributed by atoms with Crippen LogP contribution in [0.4, 0.5) is 9.52 Å². The molecule has 0 aliphatic heterocycles. The number of amides is 2. The van der Waals surface area contributed by atoms with Gasteiger partial charge in [-0.15, -0.1) is 11.3 Å². The van der Waals surface area contributed by atoms with Gasteiger partial charge in [-0.1, -0.05) is 13.8 Å². The largest absolute Gasteiger partial charge is 0.340 e. The summed E-state index contributed by atoms with van der Waals surface area (Å²) < 4.78 is 12.9. The quantitative estimate of drug-likeness (QED) is 0.889. The van der Waals surface area contributed by atoms with E-state index in [1.165, 1.54) is 35.6 Å². The summed E-state index contributed by atoms with van der Waals surface area (Å²) in [5.74, 6) is -1.28. The molecule has 0 aliphatic rings. The molecule has 116 valence electrons. The smallest absolute Gasteiger partial charge is 0.251 e. The van der Waals surface area contributed by atoms with Crippen LogP contribution in [0.25, 0.3) is 0 Å². The van der Waals surface area contributed by atoms with Crippen molar-refractivity contribution in [2.24, 2.45) is 5.92 Å². The second kappa shape index (κ2) is 7.13. The van der Waals surface area contributed by atoms with Crippen LogP contribution in [-0.4, -0.2) is 22.8 Å². The first kappa shape index (κ1) is 16.1. The molecule has 0 saturated heterocycles. The normalized spacial score (nSPS) is 12.0. The molecule has 0 bridgehead atoms. The molecule has 0 fully saturated rings. The minimum absolute atomic E-state index is 0.107. The van der Waals surface area contributed by atoms with Crippen molar-refractivity contribution in [1.29, 1.82) is 0 Å². The predicted octanol–water partition coefficient (Wildman–Crippen LogP) is 2.68. The average Bonchev–Trinajstić information content (AvgIpc) is 2.97. The second-order valence-electron chi connectivity index (χ2n) is 5.03. The number of halogens is 1. The first-order valence-corrected chi connectivity index (χ1v) is 7.62. The van der Waals surface area contributed by atoms with Gasteiger partial charge in [-0.25, -0.2) is 9.37 Å². The van der Waals surface area contributed by atoms with Gasteiger partial charge >= 0.3 is 0 Å². The van der Waals surface area contributed by atoms with Crippen LogP contribution >= 0.6 is 11.3 Å². The minimum atomic E-state index is -0.707. The Hall–Kier alpha value is -2.28. The lowest BCUT2D eigenvalue weighted by Crippen LogP contribution is -2.47. The highest BCUT2D eigenvalue weighted by atomic mass is 32.1. The molecule has 2 aromatic rings. The van der Waals surface area contributed by atoms with Crippen molar-refractivity contribution in [3.8, 4) is 0 Å². The van der Waals surface area contributed by atoms with Gasteiger partial charge in [0.1, 0.15) is 11.9 Å². The minimum Gasteiger partial charge on any atom is -0.340 e. The molecule has 1 atom stereocenters. The molecule has 1 aromatic carbocycles. The number of hydrogen-bond donors (Lipinski definition) is 2. The number of aromatic nitrogens is 1. The first-order chi connectivity index (χ1) is 10.5. The molecule has 0 spiro atoms. The van der Waals surface area contributed by atoms with Gasteiger partial charge < -0.3 is 10.6 Å². The fourth-order valence-corrected chi connectivity index (χ4v) is 2.36. The SMILES string of the molecule is CC(C)[C@H](NC(=O)c1ccc(F)cc1)C(=O)Nc1nccs1. The topological polar surface area (TPSA) is 71.1 Å². The maximum atomic E-state index is 12.9. The van der Waals surface area contributed by atoms with E-state index in [1.54, 1.807) is 11.6 Å². The molecule has 0 aliphatic carbocycles. The summed E-state index contributed by atoms with van der Waals surface area (Å²) in [6.45, 7) is 3.66.